The zero-order valence-corrected chi connectivity index (χ0v) is 13.0. The fourth-order valence-electron chi connectivity index (χ4n) is 2.93. The Bertz CT molecular complexity index is 972. The van der Waals surface area contributed by atoms with E-state index >= 15 is 0 Å². The Morgan fingerprint density at radius 2 is 1.48 bits per heavy atom. The van der Waals surface area contributed by atoms with Crippen molar-refractivity contribution in [1.29, 1.82) is 0 Å². The normalized spacial score (nSPS) is 11.0. The maximum Gasteiger partial charge on any atom is 0.115 e. The second kappa shape index (κ2) is 5.49. The summed E-state index contributed by atoms with van der Waals surface area (Å²) in [4.78, 5) is 3.47. The van der Waals surface area contributed by atoms with E-state index in [1.165, 1.54) is 0 Å². The number of rotatable bonds is 2. The maximum atomic E-state index is 9.57. The predicted octanol–water partition coefficient (Wildman–Crippen LogP) is 5.86. The molecule has 0 saturated carbocycles. The molecular formula is C20H14ClNO. The molecule has 0 aliphatic carbocycles. The number of phenolic OH excluding ortho intramolecular Hbond substituents is 1. The van der Waals surface area contributed by atoms with E-state index in [2.05, 4.69) is 23.2 Å². The number of aromatic hydroxyl groups is 1. The highest BCUT2D eigenvalue weighted by Crippen LogP contribution is 2.40. The van der Waals surface area contributed by atoms with Crippen LogP contribution in [0.15, 0.2) is 72.8 Å². The molecule has 0 unspecified atom stereocenters. The highest BCUT2D eigenvalue weighted by Gasteiger charge is 2.16. The quantitative estimate of drug-likeness (QED) is 0.477. The molecule has 0 aliphatic rings. The van der Waals surface area contributed by atoms with Gasteiger partial charge in [-0.15, -0.1) is 0 Å². The standard InChI is InChI=1S/C20H14ClNO/c21-17-8-4-7-16-18(13-9-11-15(23)12-10-13)19(22-20(16)17)14-5-2-1-3-6-14/h1-12,22-23H. The summed E-state index contributed by atoms with van der Waals surface area (Å²) in [5, 5.41) is 11.3. The van der Waals surface area contributed by atoms with Crippen molar-refractivity contribution in [3.8, 4) is 28.1 Å². The van der Waals surface area contributed by atoms with Crippen molar-refractivity contribution < 1.29 is 5.11 Å². The summed E-state index contributed by atoms with van der Waals surface area (Å²) in [5.41, 5.74) is 5.18. The molecule has 0 aliphatic heterocycles. The van der Waals surface area contributed by atoms with E-state index in [4.69, 9.17) is 11.6 Å². The molecule has 3 aromatic carbocycles. The van der Waals surface area contributed by atoms with Crippen LogP contribution in [0.5, 0.6) is 5.75 Å². The van der Waals surface area contributed by atoms with Crippen molar-refractivity contribution >= 4 is 22.5 Å². The summed E-state index contributed by atoms with van der Waals surface area (Å²) in [6, 6.07) is 23.3. The first-order valence-corrected chi connectivity index (χ1v) is 7.77. The van der Waals surface area contributed by atoms with Crippen LogP contribution < -0.4 is 0 Å². The van der Waals surface area contributed by atoms with Gasteiger partial charge < -0.3 is 10.1 Å². The first kappa shape index (κ1) is 13.9. The molecule has 1 aromatic heterocycles. The highest BCUT2D eigenvalue weighted by molar-refractivity contribution is 6.35. The molecule has 23 heavy (non-hydrogen) atoms. The van der Waals surface area contributed by atoms with Gasteiger partial charge in [-0.3, -0.25) is 0 Å². The van der Waals surface area contributed by atoms with Gasteiger partial charge in [0.15, 0.2) is 0 Å². The molecule has 2 nitrogen and oxygen atoms in total. The summed E-state index contributed by atoms with van der Waals surface area (Å²) in [5.74, 6) is 0.257. The highest BCUT2D eigenvalue weighted by atomic mass is 35.5. The van der Waals surface area contributed by atoms with E-state index in [-0.39, 0.29) is 5.75 Å². The summed E-state index contributed by atoms with van der Waals surface area (Å²) in [6.07, 6.45) is 0. The lowest BCUT2D eigenvalue weighted by molar-refractivity contribution is 0.475. The molecule has 3 heteroatoms. The number of phenols is 1. The van der Waals surface area contributed by atoms with Gasteiger partial charge in [0.2, 0.25) is 0 Å². The van der Waals surface area contributed by atoms with Crippen LogP contribution in [0.2, 0.25) is 5.02 Å². The van der Waals surface area contributed by atoms with Crippen molar-refractivity contribution in [2.24, 2.45) is 0 Å². The summed E-state index contributed by atoms with van der Waals surface area (Å²) < 4.78 is 0. The number of benzene rings is 3. The van der Waals surface area contributed by atoms with Gasteiger partial charge in [-0.2, -0.15) is 0 Å². The first-order valence-electron chi connectivity index (χ1n) is 7.39. The van der Waals surface area contributed by atoms with Crippen LogP contribution in [0, 0.1) is 0 Å². The number of H-pyrrole nitrogens is 1. The Morgan fingerprint density at radius 1 is 0.739 bits per heavy atom. The molecule has 4 rings (SSSR count). The van der Waals surface area contributed by atoms with Crippen LogP contribution >= 0.6 is 11.6 Å². The molecule has 112 valence electrons. The summed E-state index contributed by atoms with van der Waals surface area (Å²) >= 11 is 6.37. The topological polar surface area (TPSA) is 36.0 Å². The summed E-state index contributed by atoms with van der Waals surface area (Å²) in [7, 11) is 0. The van der Waals surface area contributed by atoms with Crippen LogP contribution in [-0.4, -0.2) is 10.1 Å². The number of para-hydroxylation sites is 1. The van der Waals surface area contributed by atoms with Crippen molar-refractivity contribution in [2.75, 3.05) is 0 Å². The number of hydrogen-bond donors (Lipinski definition) is 2. The number of aromatic amines is 1. The molecular weight excluding hydrogens is 306 g/mol. The number of aromatic nitrogens is 1. The minimum atomic E-state index is 0.257. The Morgan fingerprint density at radius 3 is 2.22 bits per heavy atom. The molecule has 0 radical (unpaired) electrons. The first-order chi connectivity index (χ1) is 11.2. The molecule has 2 N–H and O–H groups in total. The van der Waals surface area contributed by atoms with E-state index in [1.54, 1.807) is 12.1 Å². The van der Waals surface area contributed by atoms with E-state index in [1.807, 2.05) is 42.5 Å². The SMILES string of the molecule is Oc1ccc(-c2c(-c3ccccc3)[nH]c3c(Cl)cccc23)cc1. The molecule has 0 amide bonds. The van der Waals surface area contributed by atoms with Crippen LogP contribution in [-0.2, 0) is 0 Å². The second-order valence-corrected chi connectivity index (χ2v) is 5.86. The largest absolute Gasteiger partial charge is 0.508 e. The number of nitrogens with one attached hydrogen (secondary N) is 1. The fourth-order valence-corrected chi connectivity index (χ4v) is 3.15. The van der Waals surface area contributed by atoms with Gasteiger partial charge in [0.1, 0.15) is 5.75 Å². The zero-order chi connectivity index (χ0) is 15.8. The molecule has 0 bridgehead atoms. The van der Waals surface area contributed by atoms with Gasteiger partial charge in [-0.05, 0) is 29.3 Å². The Hall–Kier alpha value is -2.71. The summed E-state index contributed by atoms with van der Waals surface area (Å²) in [6.45, 7) is 0. The number of hydrogen-bond acceptors (Lipinski definition) is 1. The number of halogens is 1. The van der Waals surface area contributed by atoms with Gasteiger partial charge in [-0.1, -0.05) is 66.2 Å². The Kier molecular flexibility index (Phi) is 3.32. The Labute approximate surface area is 139 Å². The lowest BCUT2D eigenvalue weighted by Gasteiger charge is -2.06. The monoisotopic (exact) mass is 319 g/mol. The molecule has 0 atom stereocenters. The van der Waals surface area contributed by atoms with Gasteiger partial charge in [0.05, 0.1) is 16.2 Å². The predicted molar refractivity (Wildman–Crippen MR) is 95.8 cm³/mol. The number of fused-ring (bicyclic) bond motifs is 1. The third kappa shape index (κ3) is 2.37. The smallest absolute Gasteiger partial charge is 0.115 e. The van der Waals surface area contributed by atoms with Crippen LogP contribution in [0.25, 0.3) is 33.3 Å². The molecule has 0 fully saturated rings. The van der Waals surface area contributed by atoms with Crippen molar-refractivity contribution in [3.05, 3.63) is 77.8 Å². The average molecular weight is 320 g/mol. The van der Waals surface area contributed by atoms with E-state index < -0.39 is 0 Å². The minimum Gasteiger partial charge on any atom is -0.508 e. The fraction of sp³-hybridized carbons (Fsp3) is 0. The van der Waals surface area contributed by atoms with Gasteiger partial charge in [-0.25, -0.2) is 0 Å². The van der Waals surface area contributed by atoms with Crippen molar-refractivity contribution in [2.45, 2.75) is 0 Å². The molecule has 0 spiro atoms. The maximum absolute atomic E-state index is 9.57. The molecule has 4 aromatic rings. The average Bonchev–Trinajstić information content (AvgIpc) is 2.97. The molecule has 1 heterocycles. The van der Waals surface area contributed by atoms with E-state index in [9.17, 15) is 5.11 Å². The zero-order valence-electron chi connectivity index (χ0n) is 12.3. The third-order valence-electron chi connectivity index (χ3n) is 4.00. The van der Waals surface area contributed by atoms with Gasteiger partial charge in [0.25, 0.3) is 0 Å². The minimum absolute atomic E-state index is 0.257. The lowest BCUT2D eigenvalue weighted by atomic mass is 9.98. The van der Waals surface area contributed by atoms with Crippen LogP contribution in [0.4, 0.5) is 0 Å². The lowest BCUT2D eigenvalue weighted by Crippen LogP contribution is -1.82. The van der Waals surface area contributed by atoms with E-state index in [0.29, 0.717) is 5.02 Å². The third-order valence-corrected chi connectivity index (χ3v) is 4.32. The van der Waals surface area contributed by atoms with E-state index in [0.717, 1.165) is 33.3 Å². The Balaban J connectivity index is 2.07. The van der Waals surface area contributed by atoms with Crippen LogP contribution in [0.1, 0.15) is 0 Å². The van der Waals surface area contributed by atoms with Gasteiger partial charge >= 0.3 is 0 Å². The van der Waals surface area contributed by atoms with Crippen molar-refractivity contribution in [3.63, 3.8) is 0 Å². The second-order valence-electron chi connectivity index (χ2n) is 5.45. The van der Waals surface area contributed by atoms with Crippen LogP contribution in [0.3, 0.4) is 0 Å². The van der Waals surface area contributed by atoms with Gasteiger partial charge in [0, 0.05) is 10.9 Å². The molecule has 0 saturated heterocycles. The van der Waals surface area contributed by atoms with Crippen molar-refractivity contribution in [1.82, 2.24) is 4.98 Å².